The lowest BCUT2D eigenvalue weighted by Crippen LogP contribution is -2.29. The molecular formula is C18H24N3O4S+. The number of carbonyl (C=O) groups is 1. The maximum atomic E-state index is 11.5. The Morgan fingerprint density at radius 1 is 1.23 bits per heavy atom. The van der Waals surface area contributed by atoms with Crippen LogP contribution in [0.25, 0.3) is 0 Å². The molecule has 0 aliphatic heterocycles. The zero-order valence-electron chi connectivity index (χ0n) is 15.2. The maximum Gasteiger partial charge on any atom is 0.294 e. The van der Waals surface area contributed by atoms with Crippen LogP contribution in [0.3, 0.4) is 0 Å². The maximum absolute atomic E-state index is 11.5. The number of hydrogen-bond acceptors (Lipinski definition) is 4. The summed E-state index contributed by atoms with van der Waals surface area (Å²) in [6, 6.07) is 9.56. The summed E-state index contributed by atoms with van der Waals surface area (Å²) < 4.78 is 31.4. The normalized spacial score (nSPS) is 11.2. The third-order valence-corrected chi connectivity index (χ3v) is 3.93. The van der Waals surface area contributed by atoms with E-state index in [0.29, 0.717) is 11.5 Å². The molecule has 0 atom stereocenters. The number of rotatable bonds is 4. The lowest BCUT2D eigenvalue weighted by atomic mass is 10.2. The Morgan fingerprint density at radius 3 is 2.35 bits per heavy atom. The van der Waals surface area contributed by atoms with Gasteiger partial charge in [0.2, 0.25) is 0 Å². The minimum absolute atomic E-state index is 0.0666. The van der Waals surface area contributed by atoms with Gasteiger partial charge in [-0.1, -0.05) is 31.5 Å². The highest BCUT2D eigenvalue weighted by atomic mass is 32.2. The number of pyridine rings is 1. The summed E-state index contributed by atoms with van der Waals surface area (Å²) >= 11 is 0. The molecule has 2 rings (SSSR count). The molecule has 0 saturated heterocycles. The lowest BCUT2D eigenvalue weighted by Gasteiger charge is -1.98. The van der Waals surface area contributed by atoms with Crippen LogP contribution in [0, 0.1) is 12.8 Å². The first kappa shape index (κ1) is 21.5. The molecule has 0 aliphatic carbocycles. The SMILES string of the molecule is CC(C)/C=N/NC(=O)c1ccc[n+](C)c1.Cc1ccc(S(=O)(=O)O)cc1. The summed E-state index contributed by atoms with van der Waals surface area (Å²) in [7, 11) is -2.15. The molecule has 1 aromatic carbocycles. The zero-order valence-corrected chi connectivity index (χ0v) is 16.1. The Balaban J connectivity index is 0.000000273. The third-order valence-electron chi connectivity index (χ3n) is 3.06. The largest absolute Gasteiger partial charge is 0.294 e. The summed E-state index contributed by atoms with van der Waals surface area (Å²) in [4.78, 5) is 11.5. The summed E-state index contributed by atoms with van der Waals surface area (Å²) in [5.74, 6) is 0.139. The van der Waals surface area contributed by atoms with Crippen LogP contribution in [0.2, 0.25) is 0 Å². The zero-order chi connectivity index (χ0) is 19.7. The van der Waals surface area contributed by atoms with Crippen molar-refractivity contribution in [3.63, 3.8) is 0 Å². The number of hydrogen-bond donors (Lipinski definition) is 2. The molecule has 0 spiro atoms. The molecule has 1 amide bonds. The Kier molecular flexibility index (Phi) is 8.08. The van der Waals surface area contributed by atoms with Crippen molar-refractivity contribution in [2.45, 2.75) is 25.7 Å². The van der Waals surface area contributed by atoms with Crippen molar-refractivity contribution in [2.75, 3.05) is 0 Å². The van der Waals surface area contributed by atoms with Crippen molar-refractivity contribution in [2.24, 2.45) is 18.1 Å². The van der Waals surface area contributed by atoms with Crippen LogP contribution in [0.5, 0.6) is 0 Å². The van der Waals surface area contributed by atoms with E-state index < -0.39 is 10.1 Å². The molecule has 7 nitrogen and oxygen atoms in total. The summed E-state index contributed by atoms with van der Waals surface area (Å²) in [6.45, 7) is 5.84. The molecule has 0 fully saturated rings. The van der Waals surface area contributed by atoms with Crippen molar-refractivity contribution in [1.29, 1.82) is 0 Å². The predicted molar refractivity (Wildman–Crippen MR) is 99.4 cm³/mol. The van der Waals surface area contributed by atoms with E-state index in [0.717, 1.165) is 5.56 Å². The lowest BCUT2D eigenvalue weighted by molar-refractivity contribution is -0.671. The van der Waals surface area contributed by atoms with Crippen LogP contribution < -0.4 is 9.99 Å². The van der Waals surface area contributed by atoms with Gasteiger partial charge in [-0.2, -0.15) is 13.5 Å². The van der Waals surface area contributed by atoms with Gasteiger partial charge in [0.1, 0.15) is 12.6 Å². The van der Waals surface area contributed by atoms with E-state index in [1.54, 1.807) is 30.6 Å². The second kappa shape index (κ2) is 9.79. The molecule has 1 heterocycles. The van der Waals surface area contributed by atoms with E-state index in [1.807, 2.05) is 44.6 Å². The Morgan fingerprint density at radius 2 is 1.85 bits per heavy atom. The van der Waals surface area contributed by atoms with E-state index in [9.17, 15) is 13.2 Å². The number of aromatic nitrogens is 1. The summed E-state index contributed by atoms with van der Waals surface area (Å²) in [6.07, 6.45) is 5.31. The molecule has 2 N–H and O–H groups in total. The van der Waals surface area contributed by atoms with E-state index in [2.05, 4.69) is 10.5 Å². The van der Waals surface area contributed by atoms with Gasteiger partial charge in [-0.05, 0) is 31.0 Å². The molecule has 0 radical (unpaired) electrons. The molecule has 26 heavy (non-hydrogen) atoms. The number of aryl methyl sites for hydroxylation is 2. The summed E-state index contributed by atoms with van der Waals surface area (Å²) in [5, 5.41) is 3.84. The Bertz CT molecular complexity index is 860. The van der Waals surface area contributed by atoms with Crippen LogP contribution in [-0.2, 0) is 17.2 Å². The van der Waals surface area contributed by atoms with Gasteiger partial charge in [-0.15, -0.1) is 0 Å². The highest BCUT2D eigenvalue weighted by Crippen LogP contribution is 2.08. The van der Waals surface area contributed by atoms with Crippen molar-refractivity contribution in [3.05, 3.63) is 59.9 Å². The average Bonchev–Trinajstić information content (AvgIpc) is 2.54. The van der Waals surface area contributed by atoms with Crippen LogP contribution in [0.15, 0.2) is 58.8 Å². The fourth-order valence-electron chi connectivity index (χ4n) is 1.74. The number of amides is 1. The number of nitrogens with one attached hydrogen (secondary N) is 1. The molecule has 140 valence electrons. The summed E-state index contributed by atoms with van der Waals surface area (Å²) in [5.41, 5.74) is 4.03. The van der Waals surface area contributed by atoms with E-state index in [-0.39, 0.29) is 10.8 Å². The molecule has 0 unspecified atom stereocenters. The topological polar surface area (TPSA) is 99.7 Å². The number of benzene rings is 1. The van der Waals surface area contributed by atoms with Gasteiger partial charge >= 0.3 is 0 Å². The predicted octanol–water partition coefficient (Wildman–Crippen LogP) is 2.12. The fraction of sp³-hybridized carbons (Fsp3) is 0.278. The molecule has 0 saturated carbocycles. The molecular weight excluding hydrogens is 354 g/mol. The van der Waals surface area contributed by atoms with Crippen LogP contribution in [0.4, 0.5) is 0 Å². The molecule has 8 heteroatoms. The quantitative estimate of drug-likeness (QED) is 0.368. The van der Waals surface area contributed by atoms with Crippen molar-refractivity contribution in [1.82, 2.24) is 5.43 Å². The van der Waals surface area contributed by atoms with Gasteiger partial charge in [0.25, 0.3) is 16.0 Å². The fourth-order valence-corrected chi connectivity index (χ4v) is 2.22. The van der Waals surface area contributed by atoms with Crippen LogP contribution >= 0.6 is 0 Å². The standard InChI is InChI=1S/C11H15N3O.C7H8O3S/c1-9(2)7-12-13-11(15)10-5-4-6-14(3)8-10;1-6-2-4-7(5-3-6)11(8,9)10/h4-9H,1-3H3;2-5H,1H3,(H,8,9,10)/p+1/b12-7+;. The number of carbonyl (C=O) groups excluding carboxylic acids is 1. The molecule has 0 aliphatic rings. The Hall–Kier alpha value is -2.58. The number of nitrogens with zero attached hydrogens (tertiary/aromatic N) is 2. The monoisotopic (exact) mass is 378 g/mol. The van der Waals surface area contributed by atoms with Gasteiger partial charge in [0.15, 0.2) is 12.4 Å². The van der Waals surface area contributed by atoms with Gasteiger partial charge < -0.3 is 0 Å². The van der Waals surface area contributed by atoms with E-state index in [1.165, 1.54) is 12.1 Å². The minimum atomic E-state index is -4.02. The van der Waals surface area contributed by atoms with Crippen molar-refractivity contribution >= 4 is 22.2 Å². The first-order valence-corrected chi connectivity index (χ1v) is 9.36. The second-order valence-electron chi connectivity index (χ2n) is 6.01. The number of hydrazone groups is 1. The van der Waals surface area contributed by atoms with Gasteiger partial charge in [0.05, 0.1) is 4.90 Å². The van der Waals surface area contributed by atoms with Crippen LogP contribution in [-0.4, -0.2) is 25.1 Å². The van der Waals surface area contributed by atoms with Crippen molar-refractivity contribution in [3.8, 4) is 0 Å². The molecule has 2 aromatic rings. The van der Waals surface area contributed by atoms with Gasteiger partial charge in [-0.3, -0.25) is 9.35 Å². The first-order chi connectivity index (χ1) is 12.1. The minimum Gasteiger partial charge on any atom is -0.282 e. The highest BCUT2D eigenvalue weighted by molar-refractivity contribution is 7.85. The van der Waals surface area contributed by atoms with Crippen LogP contribution in [0.1, 0.15) is 29.8 Å². The highest BCUT2D eigenvalue weighted by Gasteiger charge is 2.07. The third kappa shape index (κ3) is 8.00. The van der Waals surface area contributed by atoms with Gasteiger partial charge in [0, 0.05) is 12.3 Å². The first-order valence-electron chi connectivity index (χ1n) is 7.92. The van der Waals surface area contributed by atoms with E-state index >= 15 is 0 Å². The average molecular weight is 378 g/mol. The second-order valence-corrected chi connectivity index (χ2v) is 7.43. The smallest absolute Gasteiger partial charge is 0.282 e. The Labute approximate surface area is 154 Å². The van der Waals surface area contributed by atoms with E-state index in [4.69, 9.17) is 4.55 Å². The molecule has 0 bridgehead atoms. The van der Waals surface area contributed by atoms with Gasteiger partial charge in [-0.25, -0.2) is 9.99 Å². The molecule has 1 aromatic heterocycles. The van der Waals surface area contributed by atoms with Crippen molar-refractivity contribution < 1.29 is 22.3 Å².